The molecule has 5 heteroatoms. The van der Waals surface area contributed by atoms with E-state index in [2.05, 4.69) is 42.2 Å². The van der Waals surface area contributed by atoms with Crippen LogP contribution >= 0.6 is 12.4 Å². The maximum Gasteiger partial charge on any atom is 0.196 e. The molecule has 132 valence electrons. The topological polar surface area (TPSA) is 42.2 Å². The molecule has 0 spiro atoms. The first-order valence-electron chi connectivity index (χ1n) is 8.83. The van der Waals surface area contributed by atoms with Crippen LogP contribution < -0.4 is 4.90 Å². The van der Waals surface area contributed by atoms with Crippen molar-refractivity contribution in [3.05, 3.63) is 65.5 Å². The van der Waals surface area contributed by atoms with Gasteiger partial charge >= 0.3 is 0 Å². The highest BCUT2D eigenvalue weighted by atomic mass is 35.5. The van der Waals surface area contributed by atoms with Gasteiger partial charge in [0.2, 0.25) is 0 Å². The van der Waals surface area contributed by atoms with Gasteiger partial charge in [-0.2, -0.15) is 0 Å². The zero-order valence-electron chi connectivity index (χ0n) is 14.6. The number of rotatable bonds is 2. The third-order valence-corrected chi connectivity index (χ3v) is 4.99. The molecular formula is C21H20ClN3O. The first-order valence-corrected chi connectivity index (χ1v) is 8.83. The van der Waals surface area contributed by atoms with Gasteiger partial charge in [0.25, 0.3) is 0 Å². The number of hydrogen-bond acceptors (Lipinski definition) is 4. The lowest BCUT2D eigenvalue weighted by atomic mass is 10.00. The Morgan fingerprint density at radius 2 is 1.77 bits per heavy atom. The van der Waals surface area contributed by atoms with E-state index in [0.717, 1.165) is 59.6 Å². The number of aryl methyl sites for hydroxylation is 1. The van der Waals surface area contributed by atoms with Crippen molar-refractivity contribution in [1.29, 1.82) is 0 Å². The molecule has 0 saturated carbocycles. The van der Waals surface area contributed by atoms with Crippen LogP contribution in [0.5, 0.6) is 0 Å². The molecule has 0 saturated heterocycles. The molecule has 26 heavy (non-hydrogen) atoms. The Morgan fingerprint density at radius 1 is 1.00 bits per heavy atom. The Labute approximate surface area is 158 Å². The zero-order valence-corrected chi connectivity index (χ0v) is 15.4. The quantitative estimate of drug-likeness (QED) is 0.505. The first kappa shape index (κ1) is 16.9. The molecule has 4 aromatic rings. The van der Waals surface area contributed by atoms with Crippen molar-refractivity contribution in [2.75, 3.05) is 11.4 Å². The lowest BCUT2D eigenvalue weighted by molar-refractivity contribution is 0.650. The predicted molar refractivity (Wildman–Crippen MR) is 107 cm³/mol. The van der Waals surface area contributed by atoms with Crippen LogP contribution in [-0.2, 0) is 19.4 Å². The molecule has 1 aliphatic heterocycles. The minimum atomic E-state index is 0. The second-order valence-electron chi connectivity index (χ2n) is 6.53. The molecule has 3 heterocycles. The monoisotopic (exact) mass is 365 g/mol. The number of anilines is 1. The number of furan rings is 1. The van der Waals surface area contributed by atoms with Crippen LogP contribution in [0.4, 0.5) is 5.82 Å². The average Bonchev–Trinajstić information content (AvgIpc) is 3.05. The summed E-state index contributed by atoms with van der Waals surface area (Å²) in [6.07, 6.45) is 1.84. The van der Waals surface area contributed by atoms with Gasteiger partial charge in [-0.3, -0.25) is 0 Å². The van der Waals surface area contributed by atoms with Gasteiger partial charge in [-0.15, -0.1) is 12.4 Å². The van der Waals surface area contributed by atoms with Gasteiger partial charge in [0.1, 0.15) is 16.9 Å². The van der Waals surface area contributed by atoms with E-state index < -0.39 is 0 Å². The van der Waals surface area contributed by atoms with Gasteiger partial charge in [0.15, 0.2) is 11.4 Å². The van der Waals surface area contributed by atoms with Crippen LogP contribution in [0.1, 0.15) is 23.9 Å². The van der Waals surface area contributed by atoms with Crippen molar-refractivity contribution in [3.8, 4) is 0 Å². The fraction of sp³-hybridized carbons (Fsp3) is 0.238. The highest BCUT2D eigenvalue weighted by Gasteiger charge is 2.23. The Bertz CT molecular complexity index is 1090. The molecule has 4 nitrogen and oxygen atoms in total. The van der Waals surface area contributed by atoms with Crippen LogP contribution in [0.3, 0.4) is 0 Å². The fourth-order valence-electron chi connectivity index (χ4n) is 3.67. The molecule has 0 atom stereocenters. The normalized spacial score (nSPS) is 13.7. The van der Waals surface area contributed by atoms with Gasteiger partial charge in [0.05, 0.1) is 0 Å². The highest BCUT2D eigenvalue weighted by Crippen LogP contribution is 2.34. The molecule has 0 N–H and O–H groups in total. The lowest BCUT2D eigenvalue weighted by Crippen LogP contribution is -2.31. The van der Waals surface area contributed by atoms with Crippen LogP contribution in [0.25, 0.3) is 22.1 Å². The molecule has 2 aromatic heterocycles. The van der Waals surface area contributed by atoms with E-state index in [-0.39, 0.29) is 12.4 Å². The molecule has 0 radical (unpaired) electrons. The first-order chi connectivity index (χ1) is 12.3. The van der Waals surface area contributed by atoms with E-state index in [0.29, 0.717) is 0 Å². The van der Waals surface area contributed by atoms with E-state index in [1.807, 2.05) is 18.2 Å². The summed E-state index contributed by atoms with van der Waals surface area (Å²) in [7, 11) is 0. The van der Waals surface area contributed by atoms with Gasteiger partial charge < -0.3 is 9.32 Å². The van der Waals surface area contributed by atoms with Crippen molar-refractivity contribution in [2.24, 2.45) is 0 Å². The summed E-state index contributed by atoms with van der Waals surface area (Å²) in [5.74, 6) is 1.79. The van der Waals surface area contributed by atoms with Gasteiger partial charge in [0, 0.05) is 24.9 Å². The molecule has 0 unspecified atom stereocenters. The number of nitrogens with zero attached hydrogens (tertiary/aromatic N) is 3. The summed E-state index contributed by atoms with van der Waals surface area (Å²) in [5.41, 5.74) is 5.41. The summed E-state index contributed by atoms with van der Waals surface area (Å²) >= 11 is 0. The molecule has 5 rings (SSSR count). The molecule has 0 amide bonds. The number of halogens is 1. The Morgan fingerprint density at radius 3 is 2.62 bits per heavy atom. The van der Waals surface area contributed by atoms with Gasteiger partial charge in [-0.25, -0.2) is 9.97 Å². The van der Waals surface area contributed by atoms with Crippen LogP contribution in [0, 0.1) is 0 Å². The Balaban J connectivity index is 0.00000168. The molecule has 0 bridgehead atoms. The van der Waals surface area contributed by atoms with E-state index in [9.17, 15) is 0 Å². The Kier molecular flexibility index (Phi) is 4.29. The third-order valence-electron chi connectivity index (χ3n) is 4.99. The summed E-state index contributed by atoms with van der Waals surface area (Å²) in [5, 5.41) is 1.06. The summed E-state index contributed by atoms with van der Waals surface area (Å²) in [6, 6.07) is 16.8. The summed E-state index contributed by atoms with van der Waals surface area (Å²) in [6.45, 7) is 3.91. The maximum absolute atomic E-state index is 6.16. The van der Waals surface area contributed by atoms with Gasteiger partial charge in [-0.05, 0) is 29.7 Å². The summed E-state index contributed by atoms with van der Waals surface area (Å²) < 4.78 is 6.16. The maximum atomic E-state index is 6.16. The van der Waals surface area contributed by atoms with Crippen molar-refractivity contribution in [1.82, 2.24) is 9.97 Å². The zero-order chi connectivity index (χ0) is 16.8. The highest BCUT2D eigenvalue weighted by molar-refractivity contribution is 6.05. The summed E-state index contributed by atoms with van der Waals surface area (Å²) in [4.78, 5) is 11.9. The van der Waals surface area contributed by atoms with Crippen LogP contribution in [0.15, 0.2) is 52.9 Å². The number of fused-ring (bicyclic) bond motifs is 4. The van der Waals surface area contributed by atoms with E-state index in [1.54, 1.807) is 0 Å². The lowest BCUT2D eigenvalue weighted by Gasteiger charge is -2.29. The molecule has 2 aromatic carbocycles. The average molecular weight is 366 g/mol. The number of benzene rings is 2. The number of aromatic nitrogens is 2. The minimum absolute atomic E-state index is 0. The van der Waals surface area contributed by atoms with Crippen LogP contribution in [-0.4, -0.2) is 16.5 Å². The van der Waals surface area contributed by atoms with Crippen molar-refractivity contribution < 1.29 is 4.42 Å². The number of hydrogen-bond donors (Lipinski definition) is 0. The molecule has 0 aliphatic carbocycles. The molecule has 0 fully saturated rings. The SMILES string of the molecule is CCc1nc(N2CCc3ccccc3C2)c2oc3ccccc3c2n1.Cl. The standard InChI is InChI=1S/C21H19N3O.ClH/c1-2-18-22-19-16-9-5-6-10-17(16)25-20(19)21(23-18)24-12-11-14-7-3-4-8-15(14)13-24;/h3-10H,2,11-13H2,1H3;1H. The minimum Gasteiger partial charge on any atom is -0.450 e. The van der Waals surface area contributed by atoms with Crippen molar-refractivity contribution in [3.63, 3.8) is 0 Å². The fourth-order valence-corrected chi connectivity index (χ4v) is 3.67. The number of para-hydroxylation sites is 1. The second-order valence-corrected chi connectivity index (χ2v) is 6.53. The van der Waals surface area contributed by atoms with Crippen molar-refractivity contribution in [2.45, 2.75) is 26.3 Å². The molecule has 1 aliphatic rings. The van der Waals surface area contributed by atoms with E-state index in [4.69, 9.17) is 14.4 Å². The third kappa shape index (κ3) is 2.61. The predicted octanol–water partition coefficient (Wildman–Crippen LogP) is 4.92. The van der Waals surface area contributed by atoms with Crippen molar-refractivity contribution >= 4 is 40.3 Å². The van der Waals surface area contributed by atoms with Crippen LogP contribution in [0.2, 0.25) is 0 Å². The van der Waals surface area contributed by atoms with E-state index >= 15 is 0 Å². The van der Waals surface area contributed by atoms with Gasteiger partial charge in [-0.1, -0.05) is 43.3 Å². The smallest absolute Gasteiger partial charge is 0.196 e. The Hall–Kier alpha value is -2.59. The second kappa shape index (κ2) is 6.61. The largest absolute Gasteiger partial charge is 0.450 e. The molecular weight excluding hydrogens is 346 g/mol. The van der Waals surface area contributed by atoms with E-state index in [1.165, 1.54) is 11.1 Å².